The van der Waals surface area contributed by atoms with Gasteiger partial charge in [0.05, 0.1) is 15.2 Å². The lowest BCUT2D eigenvalue weighted by Crippen LogP contribution is -2.28. The minimum Gasteiger partial charge on any atom is -0.404 e. The second-order valence-corrected chi connectivity index (χ2v) is 8.74. The summed E-state index contributed by atoms with van der Waals surface area (Å²) in [6.45, 7) is 6.19. The van der Waals surface area contributed by atoms with Crippen molar-refractivity contribution in [1.29, 1.82) is 0 Å². The van der Waals surface area contributed by atoms with Gasteiger partial charge in [-0.25, -0.2) is 0 Å². The monoisotopic (exact) mass is 507 g/mol. The number of Topliss-reactive ketones (excluding diaryl/α,β-unsaturated/α-hetero) is 1. The summed E-state index contributed by atoms with van der Waals surface area (Å²) in [6.07, 6.45) is -4.20. The van der Waals surface area contributed by atoms with Crippen LogP contribution in [0.5, 0.6) is 5.75 Å². The molecule has 0 bridgehead atoms. The van der Waals surface area contributed by atoms with Crippen LogP contribution in [-0.4, -0.2) is 16.7 Å². The topological polar surface area (TPSA) is 48.3 Å². The molecule has 0 saturated carbocycles. The molecular formula is C21H22BrClF3NO3. The Kier molecular flexibility index (Phi) is 8.16. The van der Waals surface area contributed by atoms with Crippen molar-refractivity contribution in [3.05, 3.63) is 61.4 Å². The number of aromatic nitrogens is 1. The average molecular weight is 509 g/mol. The fraction of sp³-hybridized carbons (Fsp3) is 0.429. The van der Waals surface area contributed by atoms with E-state index < -0.39 is 12.1 Å². The van der Waals surface area contributed by atoms with Crippen LogP contribution in [-0.2, 0) is 6.54 Å². The van der Waals surface area contributed by atoms with Crippen molar-refractivity contribution in [2.24, 2.45) is 5.92 Å². The molecule has 0 N–H and O–H groups in total. The van der Waals surface area contributed by atoms with Gasteiger partial charge in [0, 0.05) is 13.0 Å². The first kappa shape index (κ1) is 24.5. The van der Waals surface area contributed by atoms with Crippen molar-refractivity contribution in [2.75, 3.05) is 0 Å². The highest BCUT2D eigenvalue weighted by Gasteiger charge is 2.32. The van der Waals surface area contributed by atoms with Crippen molar-refractivity contribution in [3.63, 3.8) is 0 Å². The number of halogens is 5. The van der Waals surface area contributed by atoms with Crippen LogP contribution >= 0.6 is 27.5 Å². The van der Waals surface area contributed by atoms with Crippen LogP contribution in [0.4, 0.5) is 13.2 Å². The molecule has 0 aliphatic rings. The van der Waals surface area contributed by atoms with Gasteiger partial charge in [-0.15, -0.1) is 13.2 Å². The third-order valence-electron chi connectivity index (χ3n) is 4.52. The van der Waals surface area contributed by atoms with E-state index in [4.69, 9.17) is 11.6 Å². The molecular weight excluding hydrogens is 487 g/mol. The Bertz CT molecular complexity index is 973. The Morgan fingerprint density at radius 3 is 2.43 bits per heavy atom. The number of alkyl halides is 3. The van der Waals surface area contributed by atoms with Gasteiger partial charge in [0.15, 0.2) is 5.78 Å². The molecule has 164 valence electrons. The Morgan fingerprint density at radius 2 is 1.87 bits per heavy atom. The predicted molar refractivity (Wildman–Crippen MR) is 113 cm³/mol. The maximum Gasteiger partial charge on any atom is 0.573 e. The summed E-state index contributed by atoms with van der Waals surface area (Å²) < 4.78 is 42.8. The average Bonchev–Trinajstić information content (AvgIpc) is 2.63. The van der Waals surface area contributed by atoms with Gasteiger partial charge in [-0.3, -0.25) is 9.59 Å². The van der Waals surface area contributed by atoms with Crippen LogP contribution < -0.4 is 10.3 Å². The first-order chi connectivity index (χ1) is 13.9. The largest absolute Gasteiger partial charge is 0.573 e. The molecule has 1 heterocycles. The number of hydrogen-bond donors (Lipinski definition) is 0. The Labute approximate surface area is 186 Å². The van der Waals surface area contributed by atoms with Crippen LogP contribution in [0, 0.1) is 5.92 Å². The van der Waals surface area contributed by atoms with Gasteiger partial charge in [-0.05, 0) is 64.0 Å². The molecule has 0 saturated heterocycles. The molecule has 0 aliphatic carbocycles. The molecule has 0 aliphatic heterocycles. The molecule has 1 aromatic heterocycles. The van der Waals surface area contributed by atoms with E-state index in [1.54, 1.807) is 12.1 Å². The highest BCUT2D eigenvalue weighted by molar-refractivity contribution is 9.10. The summed E-state index contributed by atoms with van der Waals surface area (Å²) in [5.41, 5.74) is 0.781. The molecule has 4 nitrogen and oxygen atoms in total. The maximum absolute atomic E-state index is 12.8. The third-order valence-corrected chi connectivity index (χ3v) is 5.42. The van der Waals surface area contributed by atoms with Gasteiger partial charge in [0.2, 0.25) is 0 Å². The fourth-order valence-electron chi connectivity index (χ4n) is 3.01. The van der Waals surface area contributed by atoms with Gasteiger partial charge >= 0.3 is 6.36 Å². The van der Waals surface area contributed by atoms with Gasteiger partial charge in [-0.2, -0.15) is 0 Å². The predicted octanol–water partition coefficient (Wildman–Crippen LogP) is 6.59. The van der Waals surface area contributed by atoms with Crippen LogP contribution in [0.25, 0.3) is 0 Å². The van der Waals surface area contributed by atoms with E-state index in [0.717, 1.165) is 0 Å². The number of rotatable bonds is 8. The number of carbonyl (C=O) groups excluding carboxylic acids is 1. The molecule has 0 amide bonds. The Balaban J connectivity index is 2.12. The zero-order valence-electron chi connectivity index (χ0n) is 16.7. The van der Waals surface area contributed by atoms with E-state index >= 15 is 0 Å². The van der Waals surface area contributed by atoms with Crippen molar-refractivity contribution in [2.45, 2.75) is 52.4 Å². The zero-order chi connectivity index (χ0) is 22.6. The summed E-state index contributed by atoms with van der Waals surface area (Å²) in [4.78, 5) is 25.2. The number of ketones is 1. The molecule has 0 radical (unpaired) electrons. The van der Waals surface area contributed by atoms with E-state index in [-0.39, 0.29) is 34.6 Å². The highest BCUT2D eigenvalue weighted by Crippen LogP contribution is 2.33. The number of hydrogen-bond acceptors (Lipinski definition) is 3. The number of carbonyl (C=O) groups is 1. The summed E-state index contributed by atoms with van der Waals surface area (Å²) in [5.74, 6) is -0.590. The van der Waals surface area contributed by atoms with Gasteiger partial charge in [0.25, 0.3) is 5.56 Å². The highest BCUT2D eigenvalue weighted by atomic mass is 79.9. The molecule has 0 spiro atoms. The summed E-state index contributed by atoms with van der Waals surface area (Å²) in [5, 5.41) is -0.151. The van der Waals surface area contributed by atoms with Gasteiger partial charge in [0.1, 0.15) is 5.75 Å². The quantitative estimate of drug-likeness (QED) is 0.378. The molecule has 2 aromatic rings. The summed E-state index contributed by atoms with van der Waals surface area (Å²) in [6, 6.07) is 7.26. The standard InChI is InChI=1S/C21H22BrClF3NO3/c1-12(2)11-27-17(7-6-15(22)20(27)29)18(28)8-4-13(3)14-5-9-19(16(23)10-14)30-21(24,25)26/h5-7,9-10,12-13H,4,8,11H2,1-3H3. The molecule has 1 atom stereocenters. The van der Waals surface area contributed by atoms with Crippen molar-refractivity contribution in [1.82, 2.24) is 4.57 Å². The smallest absolute Gasteiger partial charge is 0.404 e. The first-order valence-electron chi connectivity index (χ1n) is 9.36. The minimum absolute atomic E-state index is 0.132. The van der Waals surface area contributed by atoms with Crippen molar-refractivity contribution in [3.8, 4) is 5.75 Å². The fourth-order valence-corrected chi connectivity index (χ4v) is 3.59. The number of ether oxygens (including phenoxy) is 1. The van der Waals surface area contributed by atoms with Crippen molar-refractivity contribution >= 4 is 33.3 Å². The molecule has 30 heavy (non-hydrogen) atoms. The van der Waals surface area contributed by atoms with E-state index in [1.807, 2.05) is 20.8 Å². The second-order valence-electron chi connectivity index (χ2n) is 7.48. The third kappa shape index (κ3) is 6.60. The Morgan fingerprint density at radius 1 is 1.20 bits per heavy atom. The van der Waals surface area contributed by atoms with E-state index in [0.29, 0.717) is 28.7 Å². The van der Waals surface area contributed by atoms with E-state index in [1.165, 1.54) is 22.8 Å². The van der Waals surface area contributed by atoms with E-state index in [9.17, 15) is 22.8 Å². The SMILES string of the molecule is CC(C)Cn1c(C(=O)CCC(C)c2ccc(OC(F)(F)F)c(Cl)c2)ccc(Br)c1=O. The van der Waals surface area contributed by atoms with Crippen LogP contribution in [0.15, 0.2) is 39.6 Å². The first-order valence-corrected chi connectivity index (χ1v) is 10.5. The second kappa shape index (κ2) is 10.0. The van der Waals surface area contributed by atoms with Gasteiger partial charge in [-0.1, -0.05) is 38.4 Å². The zero-order valence-corrected chi connectivity index (χ0v) is 19.1. The molecule has 1 unspecified atom stereocenters. The number of benzene rings is 1. The molecule has 9 heteroatoms. The van der Waals surface area contributed by atoms with Crippen LogP contribution in [0.3, 0.4) is 0 Å². The van der Waals surface area contributed by atoms with Gasteiger partial charge < -0.3 is 9.30 Å². The molecule has 0 fully saturated rings. The molecule has 1 aromatic carbocycles. The summed E-state index contributed by atoms with van der Waals surface area (Å²) in [7, 11) is 0. The lowest BCUT2D eigenvalue weighted by Gasteiger charge is -2.17. The lowest BCUT2D eigenvalue weighted by atomic mass is 9.94. The van der Waals surface area contributed by atoms with Crippen LogP contribution in [0.1, 0.15) is 55.6 Å². The Hall–Kier alpha value is -1.80. The number of pyridine rings is 1. The molecule has 2 rings (SSSR count). The number of nitrogens with zero attached hydrogens (tertiary/aromatic N) is 1. The van der Waals surface area contributed by atoms with E-state index in [2.05, 4.69) is 20.7 Å². The van der Waals surface area contributed by atoms with Crippen molar-refractivity contribution < 1.29 is 22.7 Å². The van der Waals surface area contributed by atoms with Crippen LogP contribution in [0.2, 0.25) is 5.02 Å². The minimum atomic E-state index is -4.82. The normalized spacial score (nSPS) is 12.8. The lowest BCUT2D eigenvalue weighted by molar-refractivity contribution is -0.274. The summed E-state index contributed by atoms with van der Waals surface area (Å²) >= 11 is 9.11. The maximum atomic E-state index is 12.8.